The molecule has 0 spiro atoms. The average molecular weight is 364 g/mol. The van der Waals surface area contributed by atoms with Crippen molar-refractivity contribution in [2.45, 2.75) is 65.4 Å². The smallest absolute Gasteiger partial charge is 0.428 e. The Bertz CT molecular complexity index is 572. The van der Waals surface area contributed by atoms with Gasteiger partial charge in [-0.25, -0.2) is 14.5 Å². The Kier molecular flexibility index (Phi) is 7.91. The highest BCUT2D eigenvalue weighted by Crippen LogP contribution is 2.31. The summed E-state index contributed by atoms with van der Waals surface area (Å²) >= 11 is 0. The number of ether oxygens (including phenoxy) is 1. The van der Waals surface area contributed by atoms with Gasteiger partial charge < -0.3 is 4.74 Å². The molecular weight excluding hydrogens is 336 g/mol. The van der Waals surface area contributed by atoms with Crippen LogP contribution >= 0.6 is 0 Å². The lowest BCUT2D eigenvalue weighted by molar-refractivity contribution is -0.453. The van der Waals surface area contributed by atoms with Crippen molar-refractivity contribution in [3.8, 4) is 0 Å². The lowest BCUT2D eigenvalue weighted by atomic mass is 9.81. The molecule has 0 aliphatic heterocycles. The first-order valence-corrected chi connectivity index (χ1v) is 9.36. The summed E-state index contributed by atoms with van der Waals surface area (Å²) in [6, 6.07) is 7.04. The van der Waals surface area contributed by atoms with Crippen molar-refractivity contribution in [2.24, 2.45) is 11.8 Å². The summed E-state index contributed by atoms with van der Waals surface area (Å²) in [5, 5.41) is 4.29. The fourth-order valence-electron chi connectivity index (χ4n) is 3.33. The molecule has 0 heterocycles. The molecule has 6 nitrogen and oxygen atoms in total. The molecule has 6 heteroatoms. The highest BCUT2D eigenvalue weighted by atomic mass is 17.5. The van der Waals surface area contributed by atoms with E-state index in [2.05, 4.69) is 21.7 Å². The second-order valence-electron chi connectivity index (χ2n) is 7.04. The maximum atomic E-state index is 11.9. The Morgan fingerprint density at radius 1 is 1.04 bits per heavy atom. The molecule has 2 unspecified atom stereocenters. The molecule has 1 aliphatic carbocycles. The minimum atomic E-state index is -1.00. The van der Waals surface area contributed by atoms with E-state index in [1.165, 1.54) is 0 Å². The minimum Gasteiger partial charge on any atom is -0.428 e. The number of carbonyl (C=O) groups excluding carboxylic acids is 2. The lowest BCUT2D eigenvalue weighted by Crippen LogP contribution is -2.35. The summed E-state index contributed by atoms with van der Waals surface area (Å²) in [6.45, 7) is 6.21. The number of hydrogen-bond acceptors (Lipinski definition) is 6. The van der Waals surface area contributed by atoms with Gasteiger partial charge in [-0.1, -0.05) is 45.7 Å². The SMILES string of the molecule is CCCCc1ccc(C(=O)OOOC(=O)OC2C(C)CCCC2C)cc1. The quantitative estimate of drug-likeness (QED) is 0.385. The van der Waals surface area contributed by atoms with Crippen LogP contribution in [0.1, 0.15) is 68.8 Å². The number of unbranched alkanes of at least 4 members (excludes halogenated alkanes) is 1. The number of hydrogen-bond donors (Lipinski definition) is 0. The van der Waals surface area contributed by atoms with Crippen LogP contribution in [0.5, 0.6) is 0 Å². The van der Waals surface area contributed by atoms with Gasteiger partial charge in [0.25, 0.3) is 0 Å². The first kappa shape index (κ1) is 20.2. The van der Waals surface area contributed by atoms with Crippen LogP contribution in [0.3, 0.4) is 0 Å². The van der Waals surface area contributed by atoms with Crippen LogP contribution in [0.15, 0.2) is 24.3 Å². The number of rotatable bonds is 7. The summed E-state index contributed by atoms with van der Waals surface area (Å²) in [5.74, 6) is -0.209. The zero-order valence-corrected chi connectivity index (χ0v) is 15.7. The fraction of sp³-hybridized carbons (Fsp3) is 0.600. The van der Waals surface area contributed by atoms with Crippen molar-refractivity contribution in [3.63, 3.8) is 0 Å². The molecule has 1 fully saturated rings. The molecule has 2 atom stereocenters. The molecule has 0 bridgehead atoms. The van der Waals surface area contributed by atoms with Gasteiger partial charge in [-0.15, -0.1) is 0 Å². The second kappa shape index (κ2) is 10.2. The predicted octanol–water partition coefficient (Wildman–Crippen LogP) is 5.01. The Morgan fingerprint density at radius 3 is 2.31 bits per heavy atom. The molecule has 26 heavy (non-hydrogen) atoms. The third-order valence-corrected chi connectivity index (χ3v) is 4.89. The molecule has 0 saturated heterocycles. The molecule has 1 saturated carbocycles. The van der Waals surface area contributed by atoms with Crippen LogP contribution < -0.4 is 0 Å². The summed E-state index contributed by atoms with van der Waals surface area (Å²) in [4.78, 5) is 32.5. The normalized spacial score (nSPS) is 22.5. The van der Waals surface area contributed by atoms with E-state index in [4.69, 9.17) is 4.74 Å². The molecule has 1 aromatic carbocycles. The minimum absolute atomic E-state index is 0.216. The van der Waals surface area contributed by atoms with Crippen molar-refractivity contribution in [1.29, 1.82) is 0 Å². The van der Waals surface area contributed by atoms with Crippen LogP contribution in [0.4, 0.5) is 4.79 Å². The average Bonchev–Trinajstić information content (AvgIpc) is 2.63. The van der Waals surface area contributed by atoms with Crippen molar-refractivity contribution in [1.82, 2.24) is 0 Å². The van der Waals surface area contributed by atoms with Crippen LogP contribution in [-0.2, 0) is 26.0 Å². The van der Waals surface area contributed by atoms with E-state index < -0.39 is 12.1 Å². The third-order valence-electron chi connectivity index (χ3n) is 4.89. The monoisotopic (exact) mass is 364 g/mol. The number of carbonyl (C=O) groups is 2. The van der Waals surface area contributed by atoms with Crippen LogP contribution in [0.25, 0.3) is 0 Å². The van der Waals surface area contributed by atoms with E-state index in [1.54, 1.807) is 12.1 Å². The van der Waals surface area contributed by atoms with Crippen molar-refractivity contribution >= 4 is 12.1 Å². The molecule has 144 valence electrons. The van der Waals surface area contributed by atoms with E-state index in [-0.39, 0.29) is 17.9 Å². The van der Waals surface area contributed by atoms with E-state index >= 15 is 0 Å². The predicted molar refractivity (Wildman–Crippen MR) is 95.1 cm³/mol. The summed E-state index contributed by atoms with van der Waals surface area (Å²) in [7, 11) is 0. The van der Waals surface area contributed by atoms with Gasteiger partial charge in [0.05, 0.1) is 10.6 Å². The van der Waals surface area contributed by atoms with Gasteiger partial charge in [-0.2, -0.15) is 0 Å². The fourth-order valence-corrected chi connectivity index (χ4v) is 3.33. The van der Waals surface area contributed by atoms with E-state index in [1.807, 2.05) is 26.0 Å². The third kappa shape index (κ3) is 6.02. The zero-order chi connectivity index (χ0) is 18.9. The molecule has 0 radical (unpaired) electrons. The lowest BCUT2D eigenvalue weighted by Gasteiger charge is -2.32. The standard InChI is InChI=1S/C20H28O6/c1-4-5-9-16-10-12-17(13-11-16)19(21)24-26-25-20(22)23-18-14(2)7-6-8-15(18)3/h10-15,18H,4-9H2,1-3H3. The summed E-state index contributed by atoms with van der Waals surface area (Å²) < 4.78 is 5.28. The highest BCUT2D eigenvalue weighted by molar-refractivity contribution is 5.88. The van der Waals surface area contributed by atoms with Crippen molar-refractivity contribution < 1.29 is 29.1 Å². The van der Waals surface area contributed by atoms with Crippen LogP contribution in [-0.4, -0.2) is 18.2 Å². The van der Waals surface area contributed by atoms with Crippen molar-refractivity contribution in [2.75, 3.05) is 0 Å². The van der Waals surface area contributed by atoms with E-state index in [0.29, 0.717) is 5.56 Å². The van der Waals surface area contributed by atoms with Gasteiger partial charge in [0.2, 0.25) is 0 Å². The zero-order valence-electron chi connectivity index (χ0n) is 15.7. The molecule has 1 aliphatic rings. The van der Waals surface area contributed by atoms with Gasteiger partial charge in [-0.3, -0.25) is 4.89 Å². The number of benzene rings is 1. The van der Waals surface area contributed by atoms with Gasteiger partial charge in [0, 0.05) is 0 Å². The topological polar surface area (TPSA) is 71.1 Å². The molecule has 0 amide bonds. The van der Waals surface area contributed by atoms with Crippen LogP contribution in [0.2, 0.25) is 0 Å². The van der Waals surface area contributed by atoms with Gasteiger partial charge in [-0.05, 0) is 55.2 Å². The Balaban J connectivity index is 1.72. The summed E-state index contributed by atoms with van der Waals surface area (Å²) in [5.41, 5.74) is 1.47. The summed E-state index contributed by atoms with van der Waals surface area (Å²) in [6.07, 6.45) is 5.10. The van der Waals surface area contributed by atoms with E-state index in [0.717, 1.165) is 44.1 Å². The Morgan fingerprint density at radius 2 is 1.69 bits per heavy atom. The first-order valence-electron chi connectivity index (χ1n) is 9.36. The molecule has 0 N–H and O–H groups in total. The second-order valence-corrected chi connectivity index (χ2v) is 7.04. The van der Waals surface area contributed by atoms with Gasteiger partial charge in [0.15, 0.2) is 0 Å². The highest BCUT2D eigenvalue weighted by Gasteiger charge is 2.32. The largest absolute Gasteiger partial charge is 0.543 e. The maximum Gasteiger partial charge on any atom is 0.543 e. The van der Waals surface area contributed by atoms with Crippen molar-refractivity contribution in [3.05, 3.63) is 35.4 Å². The van der Waals surface area contributed by atoms with Gasteiger partial charge in [0.1, 0.15) is 6.10 Å². The number of aryl methyl sites for hydroxylation is 1. The first-order chi connectivity index (χ1) is 12.5. The maximum absolute atomic E-state index is 11.9. The Labute approximate surface area is 154 Å². The van der Waals surface area contributed by atoms with Crippen LogP contribution in [0, 0.1) is 11.8 Å². The Hall–Kier alpha value is -2.08. The van der Waals surface area contributed by atoms with Gasteiger partial charge >= 0.3 is 12.1 Å². The molecule has 1 aromatic rings. The molecule has 0 aromatic heterocycles. The molecular formula is C20H28O6. The van der Waals surface area contributed by atoms with E-state index in [9.17, 15) is 9.59 Å². The molecule has 2 rings (SSSR count).